The largest absolute Gasteiger partial charge is 0.384 e. The smallest absolute Gasteiger partial charge is 0.256 e. The predicted octanol–water partition coefficient (Wildman–Crippen LogP) is 3.55. The molecule has 3 N–H and O–H groups in total. The maximum Gasteiger partial charge on any atom is 0.256 e. The van der Waals surface area contributed by atoms with E-state index in [9.17, 15) is 14.0 Å². The molecule has 1 unspecified atom stereocenters. The fourth-order valence-corrected chi connectivity index (χ4v) is 3.71. The number of nitrogens with one attached hydrogen (secondary N) is 3. The highest BCUT2D eigenvalue weighted by Crippen LogP contribution is 2.35. The molecular weight excluding hydrogens is 383 g/mol. The summed E-state index contributed by atoms with van der Waals surface area (Å²) in [5.41, 5.74) is 5.72. The number of aromatic nitrogens is 1. The minimum absolute atomic E-state index is 0.0429. The molecule has 158 valence electrons. The number of nitrogens with zero attached hydrogens (tertiary/aromatic N) is 1. The Labute approximate surface area is 175 Å². The molecule has 0 saturated carbocycles. The van der Waals surface area contributed by atoms with Gasteiger partial charge in [0.15, 0.2) is 0 Å². The van der Waals surface area contributed by atoms with Crippen LogP contribution in [0.2, 0.25) is 0 Å². The number of aryl methyl sites for hydroxylation is 1. The molecule has 30 heavy (non-hydrogen) atoms. The van der Waals surface area contributed by atoms with E-state index in [2.05, 4.69) is 22.2 Å². The van der Waals surface area contributed by atoms with Gasteiger partial charge in [-0.05, 0) is 43.7 Å². The number of hydrogen-bond donors (Lipinski definition) is 3. The quantitative estimate of drug-likeness (QED) is 0.638. The van der Waals surface area contributed by atoms with Crippen LogP contribution in [0.4, 0.5) is 10.1 Å². The van der Waals surface area contributed by atoms with Gasteiger partial charge < -0.3 is 20.5 Å². The number of aromatic amines is 1. The van der Waals surface area contributed by atoms with Gasteiger partial charge in [-0.1, -0.05) is 13.5 Å². The highest BCUT2D eigenvalue weighted by molar-refractivity contribution is 6.34. The van der Waals surface area contributed by atoms with Crippen molar-refractivity contribution in [2.75, 3.05) is 26.0 Å². The molecule has 1 aliphatic heterocycles. The lowest BCUT2D eigenvalue weighted by Crippen LogP contribution is -2.34. The third-order valence-corrected chi connectivity index (χ3v) is 5.32. The summed E-state index contributed by atoms with van der Waals surface area (Å²) in [6, 6.07) is 4.24. The lowest BCUT2D eigenvalue weighted by atomic mass is 10.0. The average molecular weight is 410 g/mol. The van der Waals surface area contributed by atoms with Crippen LogP contribution in [0.1, 0.15) is 35.0 Å². The van der Waals surface area contributed by atoms with E-state index in [0.717, 1.165) is 22.5 Å². The second kappa shape index (κ2) is 8.18. The van der Waals surface area contributed by atoms with Gasteiger partial charge in [0.25, 0.3) is 5.91 Å². The molecule has 1 aromatic heterocycles. The first kappa shape index (κ1) is 21.4. The minimum atomic E-state index is -0.393. The molecule has 2 heterocycles. The van der Waals surface area contributed by atoms with E-state index in [0.29, 0.717) is 29.1 Å². The minimum Gasteiger partial charge on any atom is -0.384 e. The van der Waals surface area contributed by atoms with Gasteiger partial charge in [-0.25, -0.2) is 4.39 Å². The van der Waals surface area contributed by atoms with Crippen LogP contribution in [0.15, 0.2) is 24.8 Å². The first-order valence-electron chi connectivity index (χ1n) is 9.76. The molecule has 1 atom stereocenters. The second-order valence-electron chi connectivity index (χ2n) is 7.86. The van der Waals surface area contributed by atoms with Crippen LogP contribution in [0, 0.1) is 25.6 Å². The molecule has 1 aromatic carbocycles. The first-order valence-corrected chi connectivity index (χ1v) is 9.76. The molecule has 0 aliphatic carbocycles. The number of anilines is 1. The molecule has 0 fully saturated rings. The number of carbonyl (C=O) groups is 2. The van der Waals surface area contributed by atoms with Crippen molar-refractivity contribution >= 4 is 34.8 Å². The molecule has 2 aromatic rings. The van der Waals surface area contributed by atoms with Crippen molar-refractivity contribution < 1.29 is 14.0 Å². The van der Waals surface area contributed by atoms with Crippen LogP contribution in [0.5, 0.6) is 0 Å². The molecule has 7 heteroatoms. The summed E-state index contributed by atoms with van der Waals surface area (Å²) in [5.74, 6) is -0.806. The van der Waals surface area contributed by atoms with Crippen LogP contribution >= 0.6 is 0 Å². The summed E-state index contributed by atoms with van der Waals surface area (Å²) in [6.07, 6.45) is 1.73. The van der Waals surface area contributed by atoms with Crippen molar-refractivity contribution in [3.63, 3.8) is 0 Å². The van der Waals surface area contributed by atoms with E-state index in [1.165, 1.54) is 12.1 Å². The summed E-state index contributed by atoms with van der Waals surface area (Å²) in [4.78, 5) is 29.3. The highest BCUT2D eigenvalue weighted by atomic mass is 19.1. The maximum atomic E-state index is 13.7. The predicted molar refractivity (Wildman–Crippen MR) is 118 cm³/mol. The van der Waals surface area contributed by atoms with E-state index >= 15 is 0 Å². The van der Waals surface area contributed by atoms with Crippen LogP contribution in [0.25, 0.3) is 17.3 Å². The number of amides is 2. The number of carbonyl (C=O) groups excluding carboxylic acids is 2. The Morgan fingerprint density at radius 3 is 2.70 bits per heavy atom. The number of fused-ring (bicyclic) bond motifs is 1. The Kier molecular flexibility index (Phi) is 5.82. The summed E-state index contributed by atoms with van der Waals surface area (Å²) >= 11 is 0. The van der Waals surface area contributed by atoms with Crippen LogP contribution in [0.3, 0.4) is 0 Å². The molecule has 0 saturated heterocycles. The molecule has 3 rings (SSSR count). The van der Waals surface area contributed by atoms with Crippen molar-refractivity contribution in [3.05, 3.63) is 58.7 Å². The van der Waals surface area contributed by atoms with E-state index < -0.39 is 5.82 Å². The highest BCUT2D eigenvalue weighted by Gasteiger charge is 2.25. The molecule has 0 spiro atoms. The van der Waals surface area contributed by atoms with Gasteiger partial charge in [-0.15, -0.1) is 0 Å². The second-order valence-corrected chi connectivity index (χ2v) is 7.86. The Morgan fingerprint density at radius 2 is 2.03 bits per heavy atom. The third kappa shape index (κ3) is 4.01. The van der Waals surface area contributed by atoms with E-state index in [-0.39, 0.29) is 17.7 Å². The summed E-state index contributed by atoms with van der Waals surface area (Å²) in [7, 11) is 3.47. The maximum absolute atomic E-state index is 13.7. The number of benzene rings is 1. The third-order valence-electron chi connectivity index (χ3n) is 5.32. The summed E-state index contributed by atoms with van der Waals surface area (Å²) in [6.45, 7) is 10.3. The van der Waals surface area contributed by atoms with Gasteiger partial charge in [-0.2, -0.15) is 0 Å². The van der Waals surface area contributed by atoms with Gasteiger partial charge >= 0.3 is 0 Å². The van der Waals surface area contributed by atoms with Gasteiger partial charge in [0.05, 0.1) is 11.5 Å². The fraction of sp³-hybridized carbons (Fsp3) is 0.304. The van der Waals surface area contributed by atoms with Crippen molar-refractivity contribution in [2.45, 2.75) is 20.8 Å². The first-order chi connectivity index (χ1) is 14.1. The summed E-state index contributed by atoms with van der Waals surface area (Å²) in [5, 5.41) is 6.00. The Balaban J connectivity index is 1.86. The van der Waals surface area contributed by atoms with Crippen molar-refractivity contribution in [2.24, 2.45) is 5.92 Å². The molecular formula is C23H27FN4O2. The standard InChI is InChI=1S/C23H27FN4O2/c1-12(23(30)28(5)6)11-25-14(3)21-13(2)20(26-15(21)4)10-18-17-9-16(24)7-8-19(17)27-22(18)29/h7-10,12,25-26H,3,11H2,1-2,4-6H3,(H,27,29)/b18-10-. The Bertz CT molecular complexity index is 1070. The lowest BCUT2D eigenvalue weighted by molar-refractivity contribution is -0.132. The van der Waals surface area contributed by atoms with Crippen molar-refractivity contribution in [3.8, 4) is 0 Å². The average Bonchev–Trinajstić information content (AvgIpc) is 3.14. The summed E-state index contributed by atoms with van der Waals surface area (Å²) < 4.78 is 13.7. The number of halogens is 1. The number of rotatable bonds is 6. The van der Waals surface area contributed by atoms with Gasteiger partial charge in [0.1, 0.15) is 5.82 Å². The zero-order chi connectivity index (χ0) is 22.2. The Hall–Kier alpha value is -3.35. The van der Waals surface area contributed by atoms with Crippen LogP contribution in [-0.2, 0) is 9.59 Å². The van der Waals surface area contributed by atoms with Gasteiger partial charge in [-0.3, -0.25) is 9.59 Å². The molecule has 0 bridgehead atoms. The zero-order valence-corrected chi connectivity index (χ0v) is 17.9. The van der Waals surface area contributed by atoms with Crippen molar-refractivity contribution in [1.29, 1.82) is 0 Å². The number of hydrogen-bond acceptors (Lipinski definition) is 3. The monoisotopic (exact) mass is 410 g/mol. The van der Waals surface area contributed by atoms with E-state index in [4.69, 9.17) is 0 Å². The lowest BCUT2D eigenvalue weighted by Gasteiger charge is -2.19. The van der Waals surface area contributed by atoms with E-state index in [1.54, 1.807) is 31.1 Å². The van der Waals surface area contributed by atoms with Crippen molar-refractivity contribution in [1.82, 2.24) is 15.2 Å². The van der Waals surface area contributed by atoms with E-state index in [1.807, 2.05) is 20.8 Å². The molecule has 6 nitrogen and oxygen atoms in total. The Morgan fingerprint density at radius 1 is 1.33 bits per heavy atom. The molecule has 2 amide bonds. The van der Waals surface area contributed by atoms with Gasteiger partial charge in [0.2, 0.25) is 5.91 Å². The topological polar surface area (TPSA) is 77.2 Å². The fourth-order valence-electron chi connectivity index (χ4n) is 3.71. The SMILES string of the molecule is C=C(NCC(C)C(=O)N(C)C)c1c(C)[nH]c(/C=C2\C(=O)Nc3ccc(F)cc32)c1C. The molecule has 1 aliphatic rings. The van der Waals surface area contributed by atoms with Crippen LogP contribution < -0.4 is 10.6 Å². The zero-order valence-electron chi connectivity index (χ0n) is 17.9. The number of H-pyrrole nitrogens is 1. The van der Waals surface area contributed by atoms with Gasteiger partial charge in [0, 0.05) is 54.5 Å². The normalized spacial score (nSPS) is 15.0. The van der Waals surface area contributed by atoms with Crippen LogP contribution in [-0.4, -0.2) is 42.3 Å². The molecule has 0 radical (unpaired) electrons.